The second kappa shape index (κ2) is 11.6. The molecule has 232 valence electrons. The van der Waals surface area contributed by atoms with E-state index in [0.717, 1.165) is 0 Å². The first kappa shape index (κ1) is 28.5. The minimum Gasteiger partial charge on any atom is -0.0622 e. The number of hydrogen-bond donors (Lipinski definition) is 0. The van der Waals surface area contributed by atoms with E-state index in [4.69, 9.17) is 0 Å². The molecule has 0 nitrogen and oxygen atoms in total. The van der Waals surface area contributed by atoms with Gasteiger partial charge in [0.25, 0.3) is 0 Å². The Balaban J connectivity index is 1.19. The third-order valence-corrected chi connectivity index (χ3v) is 10.4. The molecule has 0 N–H and O–H groups in total. The minimum atomic E-state index is 1.22. The van der Waals surface area contributed by atoms with Gasteiger partial charge in [-0.3, -0.25) is 0 Å². The molecular formula is C50H32. The first-order valence-corrected chi connectivity index (χ1v) is 17.4. The molecule has 0 fully saturated rings. The van der Waals surface area contributed by atoms with Crippen molar-refractivity contribution >= 4 is 53.9 Å². The van der Waals surface area contributed by atoms with Crippen molar-refractivity contribution < 1.29 is 0 Å². The first-order valence-electron chi connectivity index (χ1n) is 17.4. The van der Waals surface area contributed by atoms with E-state index in [2.05, 4.69) is 194 Å². The summed E-state index contributed by atoms with van der Waals surface area (Å²) in [4.78, 5) is 0. The van der Waals surface area contributed by atoms with Crippen LogP contribution in [-0.2, 0) is 0 Å². The summed E-state index contributed by atoms with van der Waals surface area (Å²) in [7, 11) is 0. The zero-order chi connectivity index (χ0) is 33.0. The van der Waals surface area contributed by atoms with Crippen molar-refractivity contribution in [2.75, 3.05) is 0 Å². The van der Waals surface area contributed by atoms with Crippen LogP contribution in [0.3, 0.4) is 0 Å². The maximum absolute atomic E-state index is 2.42. The normalized spacial score (nSPS) is 11.6. The molecule has 10 rings (SSSR count). The summed E-state index contributed by atoms with van der Waals surface area (Å²) in [5, 5.41) is 12.7. The second-order valence-corrected chi connectivity index (χ2v) is 13.2. The minimum absolute atomic E-state index is 1.22. The van der Waals surface area contributed by atoms with Crippen molar-refractivity contribution in [3.05, 3.63) is 194 Å². The van der Waals surface area contributed by atoms with Gasteiger partial charge in [0.05, 0.1) is 0 Å². The molecule has 0 aliphatic carbocycles. The highest BCUT2D eigenvalue weighted by molar-refractivity contribution is 6.22. The van der Waals surface area contributed by atoms with Crippen LogP contribution in [0, 0.1) is 0 Å². The van der Waals surface area contributed by atoms with Crippen molar-refractivity contribution in [1.82, 2.24) is 0 Å². The molecule has 0 saturated heterocycles. The van der Waals surface area contributed by atoms with E-state index in [0.29, 0.717) is 0 Å². The lowest BCUT2D eigenvalue weighted by Crippen LogP contribution is -1.91. The third-order valence-electron chi connectivity index (χ3n) is 10.4. The lowest BCUT2D eigenvalue weighted by Gasteiger charge is -2.18. The summed E-state index contributed by atoms with van der Waals surface area (Å²) in [6.45, 7) is 0. The maximum Gasteiger partial charge on any atom is -0.00261 e. The molecule has 0 atom stereocenters. The van der Waals surface area contributed by atoms with Crippen LogP contribution in [0.25, 0.3) is 98.4 Å². The number of benzene rings is 10. The Labute approximate surface area is 291 Å². The fraction of sp³-hybridized carbons (Fsp3) is 0. The Kier molecular flexibility index (Phi) is 6.60. The van der Waals surface area contributed by atoms with Gasteiger partial charge in [0.15, 0.2) is 0 Å². The molecule has 10 aromatic carbocycles. The SMILES string of the molecule is c1ccc(-c2c3ccccc3c(-c3ccc4cccc(-c5cccc(-c6cc7ccccc7c7ccccc67)c5)c4c3)c3ccccc23)cc1. The van der Waals surface area contributed by atoms with E-state index in [9.17, 15) is 0 Å². The Morgan fingerprint density at radius 2 is 0.700 bits per heavy atom. The molecule has 0 heteroatoms. The quantitative estimate of drug-likeness (QED) is 0.134. The summed E-state index contributed by atoms with van der Waals surface area (Å²) in [5.41, 5.74) is 10.00. The predicted octanol–water partition coefficient (Wildman–Crippen LogP) is 14.1. The van der Waals surface area contributed by atoms with E-state index >= 15 is 0 Å². The molecule has 0 heterocycles. The van der Waals surface area contributed by atoms with Crippen molar-refractivity contribution in [1.29, 1.82) is 0 Å². The number of fused-ring (bicyclic) bond motifs is 6. The summed E-state index contributed by atoms with van der Waals surface area (Å²) in [6, 6.07) is 71.3. The summed E-state index contributed by atoms with van der Waals surface area (Å²) >= 11 is 0. The van der Waals surface area contributed by atoms with Gasteiger partial charge in [0.1, 0.15) is 0 Å². The zero-order valence-electron chi connectivity index (χ0n) is 27.5. The van der Waals surface area contributed by atoms with Crippen LogP contribution in [-0.4, -0.2) is 0 Å². The molecule has 0 radical (unpaired) electrons. The van der Waals surface area contributed by atoms with Gasteiger partial charge < -0.3 is 0 Å². The van der Waals surface area contributed by atoms with Gasteiger partial charge >= 0.3 is 0 Å². The highest BCUT2D eigenvalue weighted by Crippen LogP contribution is 2.45. The molecule has 0 saturated carbocycles. The van der Waals surface area contributed by atoms with Gasteiger partial charge in [0, 0.05) is 0 Å². The standard InChI is InChI=1S/C50H32/c1-2-14-34(15-3-1)49-43-23-8-10-25-45(43)50(46-26-11-9-24-44(46)49)38-29-28-33-17-13-27-40(47(33)32-38)35-18-12-19-36(30-35)48-31-37-16-4-5-20-39(37)41-21-6-7-22-42(41)48/h1-32H. The van der Waals surface area contributed by atoms with Crippen LogP contribution in [0.1, 0.15) is 0 Å². The molecule has 0 aliphatic heterocycles. The number of hydrogen-bond acceptors (Lipinski definition) is 0. The van der Waals surface area contributed by atoms with Crippen molar-refractivity contribution in [3.63, 3.8) is 0 Å². The molecule has 0 unspecified atom stereocenters. The van der Waals surface area contributed by atoms with Crippen molar-refractivity contribution in [2.45, 2.75) is 0 Å². The molecule has 0 aliphatic rings. The highest BCUT2D eigenvalue weighted by atomic mass is 14.2. The zero-order valence-corrected chi connectivity index (χ0v) is 27.5. The monoisotopic (exact) mass is 632 g/mol. The molecule has 0 bridgehead atoms. The van der Waals surface area contributed by atoms with E-state index in [1.807, 2.05) is 0 Å². The van der Waals surface area contributed by atoms with Crippen molar-refractivity contribution in [3.8, 4) is 44.5 Å². The van der Waals surface area contributed by atoms with Crippen LogP contribution in [0.15, 0.2) is 194 Å². The van der Waals surface area contributed by atoms with Gasteiger partial charge in [-0.15, -0.1) is 0 Å². The van der Waals surface area contributed by atoms with Crippen LogP contribution in [0.2, 0.25) is 0 Å². The predicted molar refractivity (Wildman–Crippen MR) is 216 cm³/mol. The van der Waals surface area contributed by atoms with Gasteiger partial charge in [-0.2, -0.15) is 0 Å². The molecule has 10 aromatic rings. The first-order chi connectivity index (χ1) is 24.8. The van der Waals surface area contributed by atoms with Crippen LogP contribution in [0.5, 0.6) is 0 Å². The third kappa shape index (κ3) is 4.54. The van der Waals surface area contributed by atoms with Crippen LogP contribution >= 0.6 is 0 Å². The summed E-state index contributed by atoms with van der Waals surface area (Å²) < 4.78 is 0. The van der Waals surface area contributed by atoms with E-state index < -0.39 is 0 Å². The molecular weight excluding hydrogens is 601 g/mol. The number of rotatable bonds is 4. The molecule has 0 amide bonds. The van der Waals surface area contributed by atoms with Gasteiger partial charge in [-0.25, -0.2) is 0 Å². The second-order valence-electron chi connectivity index (χ2n) is 13.2. The van der Waals surface area contributed by atoms with Crippen LogP contribution < -0.4 is 0 Å². The van der Waals surface area contributed by atoms with Crippen LogP contribution in [0.4, 0.5) is 0 Å². The maximum atomic E-state index is 2.42. The summed E-state index contributed by atoms with van der Waals surface area (Å²) in [5.74, 6) is 0. The topological polar surface area (TPSA) is 0 Å². The Morgan fingerprint density at radius 3 is 1.40 bits per heavy atom. The van der Waals surface area contributed by atoms with Gasteiger partial charge in [-0.1, -0.05) is 176 Å². The fourth-order valence-electron chi connectivity index (χ4n) is 8.18. The Hall–Kier alpha value is -6.50. The summed E-state index contributed by atoms with van der Waals surface area (Å²) in [6.07, 6.45) is 0. The lowest BCUT2D eigenvalue weighted by atomic mass is 9.85. The molecule has 0 aromatic heterocycles. The van der Waals surface area contributed by atoms with E-state index in [-0.39, 0.29) is 0 Å². The Bertz CT molecular complexity index is 2860. The van der Waals surface area contributed by atoms with Gasteiger partial charge in [-0.05, 0) is 117 Å². The average molecular weight is 633 g/mol. The Morgan fingerprint density at radius 1 is 0.200 bits per heavy atom. The van der Waals surface area contributed by atoms with E-state index in [1.54, 1.807) is 0 Å². The van der Waals surface area contributed by atoms with Crippen molar-refractivity contribution in [2.24, 2.45) is 0 Å². The smallest absolute Gasteiger partial charge is 0.00261 e. The fourth-order valence-corrected chi connectivity index (χ4v) is 8.18. The molecule has 50 heavy (non-hydrogen) atoms. The van der Waals surface area contributed by atoms with Gasteiger partial charge in [0.2, 0.25) is 0 Å². The average Bonchev–Trinajstić information content (AvgIpc) is 3.19. The highest BCUT2D eigenvalue weighted by Gasteiger charge is 2.17. The largest absolute Gasteiger partial charge is 0.0622 e. The lowest BCUT2D eigenvalue weighted by molar-refractivity contribution is 1.63. The molecule has 0 spiro atoms. The van der Waals surface area contributed by atoms with E-state index in [1.165, 1.54) is 98.4 Å².